The summed E-state index contributed by atoms with van der Waals surface area (Å²) in [6.07, 6.45) is 5.52. The van der Waals surface area contributed by atoms with Crippen molar-refractivity contribution in [3.63, 3.8) is 0 Å². The smallest absolute Gasteiger partial charge is 0.410 e. The first kappa shape index (κ1) is 20.0. The molecule has 2 aromatic rings. The average Bonchev–Trinajstić information content (AvgIpc) is 3.07. The van der Waals surface area contributed by atoms with Gasteiger partial charge in [-0.05, 0) is 23.8 Å². The minimum absolute atomic E-state index is 0.137. The molecule has 0 saturated carbocycles. The number of carbonyl (C=O) groups excluding carboxylic acids is 1. The van der Waals surface area contributed by atoms with Crippen LogP contribution in [0.1, 0.15) is 17.7 Å². The molecule has 2 atom stereocenters. The molecular formula is C20H22N2O5S. The third-order valence-corrected chi connectivity index (χ3v) is 4.85. The van der Waals surface area contributed by atoms with Crippen LogP contribution in [-0.2, 0) is 25.6 Å². The molecule has 0 spiro atoms. The van der Waals surface area contributed by atoms with Gasteiger partial charge in [0, 0.05) is 12.6 Å². The Hall–Kier alpha value is -2.71. The summed E-state index contributed by atoms with van der Waals surface area (Å²) < 4.78 is 33.5. The van der Waals surface area contributed by atoms with Crippen molar-refractivity contribution in [1.29, 1.82) is 0 Å². The Kier molecular flexibility index (Phi) is 6.43. The molecule has 7 nitrogen and oxygen atoms in total. The predicted octanol–water partition coefficient (Wildman–Crippen LogP) is 2.85. The molecular weight excluding hydrogens is 380 g/mol. The van der Waals surface area contributed by atoms with Crippen LogP contribution in [0.4, 0.5) is 4.79 Å². The Balaban J connectivity index is 1.70. The van der Waals surface area contributed by atoms with Crippen LogP contribution in [-0.4, -0.2) is 49.3 Å². The molecule has 0 bridgehead atoms. The van der Waals surface area contributed by atoms with Crippen molar-refractivity contribution in [2.75, 3.05) is 12.8 Å². The lowest BCUT2D eigenvalue weighted by Gasteiger charge is -2.21. The van der Waals surface area contributed by atoms with Crippen molar-refractivity contribution in [1.82, 2.24) is 9.88 Å². The SMILES string of the molecule is CS(=O)(=O)OC1CC(C=Cc2ccccn2)N(C(=O)OCc2ccccc2)C1. The van der Waals surface area contributed by atoms with E-state index in [1.54, 1.807) is 12.3 Å². The fraction of sp³-hybridized carbons (Fsp3) is 0.300. The number of benzene rings is 1. The highest BCUT2D eigenvalue weighted by Crippen LogP contribution is 2.24. The number of carbonyl (C=O) groups is 1. The molecule has 28 heavy (non-hydrogen) atoms. The number of amides is 1. The summed E-state index contributed by atoms with van der Waals surface area (Å²) in [7, 11) is -3.62. The quantitative estimate of drug-likeness (QED) is 0.691. The van der Waals surface area contributed by atoms with Gasteiger partial charge in [-0.15, -0.1) is 0 Å². The largest absolute Gasteiger partial charge is 0.445 e. The highest BCUT2D eigenvalue weighted by molar-refractivity contribution is 7.86. The maximum atomic E-state index is 12.6. The van der Waals surface area contributed by atoms with Crippen LogP contribution in [0.25, 0.3) is 6.08 Å². The molecule has 1 amide bonds. The highest BCUT2D eigenvalue weighted by atomic mass is 32.2. The van der Waals surface area contributed by atoms with Gasteiger partial charge in [0.2, 0.25) is 0 Å². The lowest BCUT2D eigenvalue weighted by molar-refractivity contribution is 0.0938. The summed E-state index contributed by atoms with van der Waals surface area (Å²) in [5.74, 6) is 0. The molecule has 1 aliphatic heterocycles. The number of pyridine rings is 1. The van der Waals surface area contributed by atoms with Gasteiger partial charge in [-0.25, -0.2) is 4.79 Å². The summed E-state index contributed by atoms with van der Waals surface area (Å²) in [6.45, 7) is 0.280. The molecule has 1 fully saturated rings. The first-order valence-electron chi connectivity index (χ1n) is 8.85. The van der Waals surface area contributed by atoms with E-state index in [-0.39, 0.29) is 19.2 Å². The second-order valence-corrected chi connectivity index (χ2v) is 8.13. The van der Waals surface area contributed by atoms with E-state index in [1.807, 2.05) is 54.6 Å². The molecule has 2 heterocycles. The van der Waals surface area contributed by atoms with Crippen molar-refractivity contribution in [2.45, 2.75) is 25.2 Å². The first-order valence-corrected chi connectivity index (χ1v) is 10.7. The fourth-order valence-corrected chi connectivity index (χ4v) is 3.66. The molecule has 1 aliphatic rings. The van der Waals surface area contributed by atoms with Crippen LogP contribution < -0.4 is 0 Å². The van der Waals surface area contributed by atoms with Crippen molar-refractivity contribution < 1.29 is 22.1 Å². The van der Waals surface area contributed by atoms with Gasteiger partial charge in [-0.2, -0.15) is 8.42 Å². The van der Waals surface area contributed by atoms with E-state index in [2.05, 4.69) is 4.98 Å². The second-order valence-electron chi connectivity index (χ2n) is 6.53. The number of hydrogen-bond acceptors (Lipinski definition) is 6. The summed E-state index contributed by atoms with van der Waals surface area (Å²) in [6, 6.07) is 14.5. The normalized spacial score (nSPS) is 19.8. The summed E-state index contributed by atoms with van der Waals surface area (Å²) in [4.78, 5) is 18.3. The highest BCUT2D eigenvalue weighted by Gasteiger charge is 2.37. The molecule has 0 N–H and O–H groups in total. The summed E-state index contributed by atoms with van der Waals surface area (Å²) in [5.41, 5.74) is 1.62. The van der Waals surface area contributed by atoms with E-state index in [9.17, 15) is 13.2 Å². The number of likely N-dealkylation sites (tertiary alicyclic amines) is 1. The number of nitrogens with zero attached hydrogens (tertiary/aromatic N) is 2. The number of rotatable bonds is 6. The fourth-order valence-electron chi connectivity index (χ4n) is 3.02. The average molecular weight is 402 g/mol. The van der Waals surface area contributed by atoms with Gasteiger partial charge in [-0.1, -0.05) is 42.5 Å². The van der Waals surface area contributed by atoms with Gasteiger partial charge in [0.15, 0.2) is 0 Å². The topological polar surface area (TPSA) is 85.8 Å². The van der Waals surface area contributed by atoms with Crippen molar-refractivity contribution in [3.8, 4) is 0 Å². The van der Waals surface area contributed by atoms with Gasteiger partial charge in [0.05, 0.1) is 30.6 Å². The van der Waals surface area contributed by atoms with Crippen LogP contribution in [0, 0.1) is 0 Å². The van der Waals surface area contributed by atoms with Crippen LogP contribution in [0.2, 0.25) is 0 Å². The maximum Gasteiger partial charge on any atom is 0.410 e. The molecule has 8 heteroatoms. The van der Waals surface area contributed by atoms with Crippen molar-refractivity contribution in [2.24, 2.45) is 0 Å². The Morgan fingerprint density at radius 2 is 1.96 bits per heavy atom. The third-order valence-electron chi connectivity index (χ3n) is 4.23. The first-order chi connectivity index (χ1) is 13.4. The number of hydrogen-bond donors (Lipinski definition) is 0. The molecule has 1 aromatic heterocycles. The lowest BCUT2D eigenvalue weighted by atomic mass is 10.1. The molecule has 1 saturated heterocycles. The van der Waals surface area contributed by atoms with Gasteiger partial charge in [0.25, 0.3) is 10.1 Å². The Labute approximate surface area is 164 Å². The van der Waals surface area contributed by atoms with E-state index in [4.69, 9.17) is 8.92 Å². The number of ether oxygens (including phenoxy) is 1. The Morgan fingerprint density at radius 1 is 1.21 bits per heavy atom. The van der Waals surface area contributed by atoms with E-state index < -0.39 is 22.3 Å². The Morgan fingerprint density at radius 3 is 2.64 bits per heavy atom. The second kappa shape index (κ2) is 8.99. The van der Waals surface area contributed by atoms with Gasteiger partial charge in [0.1, 0.15) is 6.61 Å². The van der Waals surface area contributed by atoms with Crippen LogP contribution in [0.5, 0.6) is 0 Å². The molecule has 1 aromatic carbocycles. The zero-order chi connectivity index (χ0) is 20.0. The molecule has 3 rings (SSSR count). The molecule has 0 aliphatic carbocycles. The van der Waals surface area contributed by atoms with Gasteiger partial charge in [-0.3, -0.25) is 14.1 Å². The number of aromatic nitrogens is 1. The van der Waals surface area contributed by atoms with Crippen LogP contribution in [0.15, 0.2) is 60.8 Å². The maximum absolute atomic E-state index is 12.6. The molecule has 2 unspecified atom stereocenters. The molecule has 0 radical (unpaired) electrons. The van der Waals surface area contributed by atoms with Crippen molar-refractivity contribution >= 4 is 22.3 Å². The Bertz CT molecular complexity index is 916. The van der Waals surface area contributed by atoms with Gasteiger partial charge < -0.3 is 4.74 Å². The van der Waals surface area contributed by atoms with E-state index in [1.165, 1.54) is 4.90 Å². The van der Waals surface area contributed by atoms with E-state index >= 15 is 0 Å². The van der Waals surface area contributed by atoms with Crippen LogP contribution in [0.3, 0.4) is 0 Å². The minimum atomic E-state index is -3.62. The van der Waals surface area contributed by atoms with Crippen molar-refractivity contribution in [3.05, 3.63) is 72.1 Å². The lowest BCUT2D eigenvalue weighted by Crippen LogP contribution is -2.35. The zero-order valence-electron chi connectivity index (χ0n) is 15.5. The third kappa shape index (κ3) is 5.90. The monoisotopic (exact) mass is 402 g/mol. The molecule has 148 valence electrons. The predicted molar refractivity (Wildman–Crippen MR) is 105 cm³/mol. The van der Waals surface area contributed by atoms with Crippen LogP contribution >= 0.6 is 0 Å². The van der Waals surface area contributed by atoms with E-state index in [0.717, 1.165) is 17.5 Å². The summed E-state index contributed by atoms with van der Waals surface area (Å²) >= 11 is 0. The minimum Gasteiger partial charge on any atom is -0.445 e. The summed E-state index contributed by atoms with van der Waals surface area (Å²) in [5, 5.41) is 0. The van der Waals surface area contributed by atoms with E-state index in [0.29, 0.717) is 6.42 Å². The standard InChI is InChI=1S/C20H22N2O5S/c1-28(24,25)27-19-13-18(11-10-17-9-5-6-12-21-17)22(14-19)20(23)26-15-16-7-3-2-4-8-16/h2-12,18-19H,13-15H2,1H3. The zero-order valence-corrected chi connectivity index (χ0v) is 16.3. The van der Waals surface area contributed by atoms with Gasteiger partial charge >= 0.3 is 6.09 Å².